The maximum Gasteiger partial charge on any atom is 0.300 e. The third-order valence-corrected chi connectivity index (χ3v) is 0. The molecule has 0 atom stereocenters. The molecule has 0 aliphatic carbocycles. The van der Waals surface area contributed by atoms with Crippen molar-refractivity contribution in [1.82, 2.24) is 0 Å². The maximum atomic E-state index is 9.00. The summed E-state index contributed by atoms with van der Waals surface area (Å²) in [5.74, 6) is -3.33. The molecule has 0 bridgehead atoms. The minimum atomic E-state index is -0.833. The van der Waals surface area contributed by atoms with Crippen LogP contribution in [0.15, 0.2) is 0 Å². The first-order chi connectivity index (χ1) is 6.93. The number of carbonyl (C=O) groups is 4. The van der Waals surface area contributed by atoms with Crippen LogP contribution in [-0.4, -0.2) is 44.3 Å². The molecule has 10 heteroatoms. The Morgan fingerprint density at radius 3 is 0.500 bits per heavy atom. The minimum Gasteiger partial charge on any atom is -0.481 e. The first kappa shape index (κ1) is 36.0. The zero-order chi connectivity index (χ0) is 14.3. The minimum absolute atomic E-state index is 0. The molecule has 18 heavy (non-hydrogen) atoms. The molecular formula is C8H16O8Zn2. The molecule has 0 aliphatic rings. The van der Waals surface area contributed by atoms with Gasteiger partial charge in [-0.15, -0.1) is 0 Å². The smallest absolute Gasteiger partial charge is 0.300 e. The van der Waals surface area contributed by atoms with Crippen molar-refractivity contribution in [2.75, 3.05) is 0 Å². The van der Waals surface area contributed by atoms with Crippen molar-refractivity contribution in [2.24, 2.45) is 0 Å². The molecule has 0 aromatic carbocycles. The average molecular weight is 371 g/mol. The van der Waals surface area contributed by atoms with Crippen molar-refractivity contribution in [3.05, 3.63) is 0 Å². The second-order valence-electron chi connectivity index (χ2n) is 2.08. The Kier molecular flexibility index (Phi) is 59.6. The Hall–Kier alpha value is -0.873. The van der Waals surface area contributed by atoms with E-state index in [1.807, 2.05) is 0 Å². The van der Waals surface area contributed by atoms with Gasteiger partial charge in [0.05, 0.1) is 0 Å². The fourth-order valence-corrected chi connectivity index (χ4v) is 0. The molecule has 8 nitrogen and oxygen atoms in total. The van der Waals surface area contributed by atoms with Gasteiger partial charge in [0.25, 0.3) is 23.9 Å². The molecule has 4 N–H and O–H groups in total. The molecule has 0 amide bonds. The molecule has 0 radical (unpaired) electrons. The number of carboxylic acid groups (broad SMARTS) is 4. The number of aliphatic carboxylic acids is 4. The molecule has 0 heterocycles. The number of hydrogen-bond donors (Lipinski definition) is 4. The van der Waals surface area contributed by atoms with Gasteiger partial charge in [-0.25, -0.2) is 0 Å². The van der Waals surface area contributed by atoms with E-state index in [0.29, 0.717) is 0 Å². The molecule has 100 valence electrons. The van der Waals surface area contributed by atoms with E-state index in [1.165, 1.54) is 0 Å². The monoisotopic (exact) mass is 368 g/mol. The summed E-state index contributed by atoms with van der Waals surface area (Å²) in [6.07, 6.45) is 0. The van der Waals surface area contributed by atoms with Gasteiger partial charge in [0.15, 0.2) is 0 Å². The van der Waals surface area contributed by atoms with E-state index < -0.39 is 23.9 Å². The van der Waals surface area contributed by atoms with Gasteiger partial charge in [-0.3, -0.25) is 19.2 Å². The summed E-state index contributed by atoms with van der Waals surface area (Å²) in [6.45, 7) is 4.33. The fourth-order valence-electron chi connectivity index (χ4n) is 0. The Labute approximate surface area is 130 Å². The van der Waals surface area contributed by atoms with Crippen LogP contribution in [0.5, 0.6) is 0 Å². The van der Waals surface area contributed by atoms with E-state index in [0.717, 1.165) is 27.7 Å². The SMILES string of the molecule is CC(=O)O.CC(=O)O.CC(=O)O.CC(=O)O.[Zn].[Zn]. The number of carboxylic acids is 4. The molecule has 0 aromatic heterocycles. The van der Waals surface area contributed by atoms with Gasteiger partial charge in [-0.1, -0.05) is 0 Å². The van der Waals surface area contributed by atoms with E-state index in [9.17, 15) is 0 Å². The quantitative estimate of drug-likeness (QED) is 0.446. The summed E-state index contributed by atoms with van der Waals surface area (Å²) in [5.41, 5.74) is 0. The van der Waals surface area contributed by atoms with Crippen LogP contribution in [0.25, 0.3) is 0 Å². The predicted octanol–water partition coefficient (Wildman–Crippen LogP) is 0.359. The first-order valence-corrected chi connectivity index (χ1v) is 3.71. The zero-order valence-corrected chi connectivity index (χ0v) is 16.8. The van der Waals surface area contributed by atoms with E-state index in [-0.39, 0.29) is 39.0 Å². The van der Waals surface area contributed by atoms with Gasteiger partial charge in [-0.05, 0) is 0 Å². The Bertz CT molecular complexity index is 165. The Morgan fingerprint density at radius 1 is 0.500 bits per heavy atom. The van der Waals surface area contributed by atoms with E-state index >= 15 is 0 Å². The van der Waals surface area contributed by atoms with Crippen LogP contribution < -0.4 is 0 Å². The summed E-state index contributed by atoms with van der Waals surface area (Å²) in [5, 5.41) is 29.7. The van der Waals surface area contributed by atoms with Gasteiger partial charge < -0.3 is 20.4 Å². The molecule has 0 aliphatic heterocycles. The molecule has 0 spiro atoms. The summed E-state index contributed by atoms with van der Waals surface area (Å²) in [4.78, 5) is 36.0. The molecule has 0 saturated carbocycles. The van der Waals surface area contributed by atoms with Gasteiger partial charge in [0.2, 0.25) is 0 Å². The second kappa shape index (κ2) is 29.8. The van der Waals surface area contributed by atoms with E-state index in [1.54, 1.807) is 0 Å². The van der Waals surface area contributed by atoms with Gasteiger partial charge >= 0.3 is 0 Å². The van der Waals surface area contributed by atoms with Gasteiger partial charge in [0.1, 0.15) is 0 Å². The fraction of sp³-hybridized carbons (Fsp3) is 0.500. The summed E-state index contributed by atoms with van der Waals surface area (Å²) < 4.78 is 0. The van der Waals surface area contributed by atoms with Gasteiger partial charge in [0, 0.05) is 66.7 Å². The molecule has 0 saturated heterocycles. The van der Waals surface area contributed by atoms with Crippen molar-refractivity contribution in [1.29, 1.82) is 0 Å². The molecule has 0 rings (SSSR count). The second-order valence-corrected chi connectivity index (χ2v) is 2.08. The van der Waals surface area contributed by atoms with E-state index in [2.05, 4.69) is 0 Å². The van der Waals surface area contributed by atoms with Crippen molar-refractivity contribution in [2.45, 2.75) is 27.7 Å². The largest absolute Gasteiger partial charge is 0.481 e. The normalized spacial score (nSPS) is 5.56. The van der Waals surface area contributed by atoms with Crippen molar-refractivity contribution < 1.29 is 78.6 Å². The standard InChI is InChI=1S/4C2H4O2.2Zn/c4*1-2(3)4;;/h4*1H3,(H,3,4);;. The maximum absolute atomic E-state index is 9.00. The van der Waals surface area contributed by atoms with Crippen LogP contribution in [0, 0.1) is 0 Å². The van der Waals surface area contributed by atoms with Crippen molar-refractivity contribution in [3.63, 3.8) is 0 Å². The molecular weight excluding hydrogens is 355 g/mol. The predicted molar refractivity (Wildman–Crippen MR) is 53.2 cm³/mol. The Morgan fingerprint density at radius 2 is 0.500 bits per heavy atom. The summed E-state index contributed by atoms with van der Waals surface area (Å²) in [6, 6.07) is 0. The third kappa shape index (κ3) is 3960. The van der Waals surface area contributed by atoms with E-state index in [4.69, 9.17) is 39.6 Å². The van der Waals surface area contributed by atoms with Gasteiger partial charge in [-0.2, -0.15) is 0 Å². The molecule has 0 fully saturated rings. The zero-order valence-electron chi connectivity index (χ0n) is 10.8. The summed E-state index contributed by atoms with van der Waals surface area (Å²) in [7, 11) is 0. The van der Waals surface area contributed by atoms with Crippen molar-refractivity contribution in [3.8, 4) is 0 Å². The number of rotatable bonds is 0. The molecule has 0 aromatic rings. The van der Waals surface area contributed by atoms with Crippen LogP contribution in [0.2, 0.25) is 0 Å². The van der Waals surface area contributed by atoms with Crippen LogP contribution >= 0.6 is 0 Å². The summed E-state index contributed by atoms with van der Waals surface area (Å²) >= 11 is 0. The number of hydrogen-bond acceptors (Lipinski definition) is 4. The first-order valence-electron chi connectivity index (χ1n) is 3.71. The topological polar surface area (TPSA) is 149 Å². The van der Waals surface area contributed by atoms with Crippen LogP contribution in [-0.2, 0) is 58.1 Å². The van der Waals surface area contributed by atoms with Crippen LogP contribution in [0.4, 0.5) is 0 Å². The average Bonchev–Trinajstić information content (AvgIpc) is 1.76. The van der Waals surface area contributed by atoms with Crippen LogP contribution in [0.1, 0.15) is 27.7 Å². The third-order valence-electron chi connectivity index (χ3n) is 0. The Balaban J connectivity index is -0.0000000257. The van der Waals surface area contributed by atoms with Crippen molar-refractivity contribution >= 4 is 23.9 Å². The van der Waals surface area contributed by atoms with Crippen LogP contribution in [0.3, 0.4) is 0 Å². The molecule has 0 unspecified atom stereocenters.